The van der Waals surface area contributed by atoms with E-state index in [2.05, 4.69) is 15.5 Å². The van der Waals surface area contributed by atoms with Crippen LogP contribution in [0.3, 0.4) is 0 Å². The lowest BCUT2D eigenvalue weighted by Gasteiger charge is -2.42. The molecular weight excluding hydrogens is 887 g/mol. The van der Waals surface area contributed by atoms with Crippen molar-refractivity contribution >= 4 is 29.2 Å². The molecule has 3 fully saturated rings. The fraction of sp³-hybridized carbons (Fsp3) is 0.731. The van der Waals surface area contributed by atoms with Crippen LogP contribution in [0.2, 0.25) is 0 Å². The Morgan fingerprint density at radius 1 is 0.884 bits per heavy atom. The van der Waals surface area contributed by atoms with Crippen molar-refractivity contribution in [3.05, 3.63) is 53.9 Å². The van der Waals surface area contributed by atoms with Gasteiger partial charge in [-0.3, -0.25) is 19.2 Å². The summed E-state index contributed by atoms with van der Waals surface area (Å²) in [6, 6.07) is -1.19. The third kappa shape index (κ3) is 14.2. The molecule has 0 radical (unpaired) electrons. The van der Waals surface area contributed by atoms with Gasteiger partial charge in [-0.25, -0.2) is 9.48 Å². The maximum absolute atomic E-state index is 14.5. The molecule has 5 rings (SSSR count). The van der Waals surface area contributed by atoms with E-state index in [1.54, 1.807) is 52.1 Å². The minimum Gasteiger partial charge on any atom is -0.460 e. The predicted octanol–water partition coefficient (Wildman–Crippen LogP) is 6.05. The van der Waals surface area contributed by atoms with Gasteiger partial charge in [0.25, 0.3) is 11.7 Å². The van der Waals surface area contributed by atoms with Gasteiger partial charge in [0, 0.05) is 58.5 Å². The molecule has 4 aliphatic rings. The van der Waals surface area contributed by atoms with E-state index in [0.717, 1.165) is 18.4 Å². The van der Waals surface area contributed by atoms with Crippen LogP contribution in [0.5, 0.6) is 0 Å². The SMILES string of the molecule is CO[C@H]1C[C@@H]2CC[C@@H](C)[C@@](O)(O2)C(=O)C(=O)N2CCCC[C@H]2C(=O)O[C@H]([C@H](C)C[C@@H]2CC[C@H](n3cnnn3)[C@H](OC)C2)CC(=O)[C@H](C)/C=C(\C)[C@@H](O)[C@@H](OC)C(=O)[C@H](C)C[C@H](C)\C=C/C=C/C=C/1C. The molecule has 4 heterocycles. The van der Waals surface area contributed by atoms with Gasteiger partial charge in [-0.05, 0) is 117 Å². The summed E-state index contributed by atoms with van der Waals surface area (Å²) in [7, 11) is 4.62. The number of ketones is 3. The lowest BCUT2D eigenvalue weighted by molar-refractivity contribution is -0.265. The van der Waals surface area contributed by atoms with Crippen LogP contribution in [0.4, 0.5) is 0 Å². The second-order valence-corrected chi connectivity index (χ2v) is 20.4. The van der Waals surface area contributed by atoms with Gasteiger partial charge in [0.15, 0.2) is 5.78 Å². The standard InChI is InChI=1S/C52H79N5O12/c1-31-16-12-11-13-17-32(2)43(65-8)28-39-21-19-37(7)52(64,69-39)49(61)50(62)56-23-15-14-18-41(56)51(63)68-44(34(4)26-38-20-22-40(45(27-38)66-9)57-30-53-54-55-57)29-42(58)33(3)25-36(6)47(60)48(67-10)46(59)35(5)24-31/h11-13,16-17,25,30-31,33-35,37-41,43-45,47-48,60,64H,14-15,18-24,26-29H2,1-10H3/b13-11+,16-12-,32-17+,36-25+/t31-,33-,34-,35-,37-,38+,39+,40+,41+,43+,44+,45-,47-,48+,52-/m1/s1. The van der Waals surface area contributed by atoms with Crippen molar-refractivity contribution in [3.8, 4) is 0 Å². The monoisotopic (exact) mass is 966 g/mol. The molecule has 1 aliphatic carbocycles. The van der Waals surface area contributed by atoms with E-state index in [4.69, 9.17) is 23.7 Å². The summed E-state index contributed by atoms with van der Waals surface area (Å²) >= 11 is 0. The number of aliphatic hydroxyl groups excluding tert-OH is 1. The van der Waals surface area contributed by atoms with Crippen molar-refractivity contribution in [2.75, 3.05) is 27.9 Å². The molecule has 0 spiro atoms. The topological polar surface area (TPSA) is 219 Å². The number of aromatic nitrogens is 4. The molecule has 0 aromatic carbocycles. The van der Waals surface area contributed by atoms with Gasteiger partial charge in [-0.2, -0.15) is 0 Å². The van der Waals surface area contributed by atoms with E-state index >= 15 is 0 Å². The molecule has 2 saturated heterocycles. The van der Waals surface area contributed by atoms with E-state index in [1.807, 2.05) is 58.1 Å². The number of ether oxygens (including phenoxy) is 5. The first-order valence-electron chi connectivity index (χ1n) is 25.0. The second-order valence-electron chi connectivity index (χ2n) is 20.4. The number of fused-ring (bicyclic) bond motifs is 3. The number of cyclic esters (lactones) is 1. The Kier molecular flexibility index (Phi) is 20.8. The lowest BCUT2D eigenvalue weighted by atomic mass is 9.77. The minimum absolute atomic E-state index is 0.0170. The molecule has 3 aliphatic heterocycles. The van der Waals surface area contributed by atoms with Crippen molar-refractivity contribution in [3.63, 3.8) is 0 Å². The third-order valence-corrected chi connectivity index (χ3v) is 15.2. The van der Waals surface area contributed by atoms with Crippen molar-refractivity contribution in [2.24, 2.45) is 35.5 Å². The Morgan fingerprint density at radius 3 is 2.32 bits per heavy atom. The first kappa shape index (κ1) is 55.7. The molecule has 1 amide bonds. The Morgan fingerprint density at radius 2 is 1.64 bits per heavy atom. The Balaban J connectivity index is 1.46. The largest absolute Gasteiger partial charge is 0.460 e. The molecule has 2 N–H and O–H groups in total. The molecule has 15 atom stereocenters. The van der Waals surface area contributed by atoms with Crippen LogP contribution in [0, 0.1) is 35.5 Å². The summed E-state index contributed by atoms with van der Waals surface area (Å²) in [4.78, 5) is 72.3. The van der Waals surface area contributed by atoms with Crippen molar-refractivity contribution in [1.29, 1.82) is 0 Å². The minimum atomic E-state index is -2.43. The predicted molar refractivity (Wildman–Crippen MR) is 256 cm³/mol. The molecule has 1 aromatic heterocycles. The van der Waals surface area contributed by atoms with Crippen LogP contribution in [-0.2, 0) is 47.7 Å². The van der Waals surface area contributed by atoms with Gasteiger partial charge in [-0.1, -0.05) is 71.1 Å². The summed E-state index contributed by atoms with van der Waals surface area (Å²) in [6.45, 7) is 12.8. The molecule has 1 saturated carbocycles. The van der Waals surface area contributed by atoms with Crippen molar-refractivity contribution in [1.82, 2.24) is 25.1 Å². The number of hydrogen-bond donors (Lipinski definition) is 2. The Hall–Kier alpha value is -4.26. The van der Waals surface area contributed by atoms with Crippen LogP contribution >= 0.6 is 0 Å². The summed E-state index contributed by atoms with van der Waals surface area (Å²) < 4.78 is 31.6. The first-order valence-corrected chi connectivity index (χ1v) is 25.0. The molecule has 2 bridgehead atoms. The quantitative estimate of drug-likeness (QED) is 0.181. The smallest absolute Gasteiger partial charge is 0.329 e. The highest BCUT2D eigenvalue weighted by Crippen LogP contribution is 2.39. The number of esters is 1. The molecule has 0 unspecified atom stereocenters. The van der Waals surface area contributed by atoms with Gasteiger partial charge >= 0.3 is 5.97 Å². The van der Waals surface area contributed by atoms with Crippen LogP contribution in [0.15, 0.2) is 53.9 Å². The molecule has 384 valence electrons. The molecule has 17 nitrogen and oxygen atoms in total. The van der Waals surface area contributed by atoms with Gasteiger partial charge in [-0.15, -0.1) is 5.10 Å². The van der Waals surface area contributed by atoms with E-state index in [-0.39, 0.29) is 60.9 Å². The maximum atomic E-state index is 14.5. The van der Waals surface area contributed by atoms with Crippen LogP contribution in [-0.4, -0.2) is 141 Å². The Bertz CT molecular complexity index is 2020. The maximum Gasteiger partial charge on any atom is 0.329 e. The fourth-order valence-corrected chi connectivity index (χ4v) is 10.7. The molecule has 1 aromatic rings. The number of carbonyl (C=O) groups excluding carboxylic acids is 5. The Labute approximate surface area is 408 Å². The number of methoxy groups -OCH3 is 3. The highest BCUT2D eigenvalue weighted by atomic mass is 16.6. The normalized spacial score (nSPS) is 38.8. The number of rotatable bonds is 7. The molecular formula is C52H79N5O12. The van der Waals surface area contributed by atoms with Crippen LogP contribution < -0.4 is 0 Å². The average Bonchev–Trinajstić information content (AvgIpc) is 3.88. The number of piperidine rings is 1. The third-order valence-electron chi connectivity index (χ3n) is 15.2. The number of aliphatic hydroxyl groups is 2. The van der Waals surface area contributed by atoms with Gasteiger partial charge in [0.2, 0.25) is 5.79 Å². The van der Waals surface area contributed by atoms with E-state index in [9.17, 15) is 34.2 Å². The van der Waals surface area contributed by atoms with Crippen LogP contribution in [0.25, 0.3) is 0 Å². The average molecular weight is 966 g/mol. The highest BCUT2D eigenvalue weighted by Gasteiger charge is 2.53. The van der Waals surface area contributed by atoms with E-state index < -0.39 is 77.8 Å². The molecule has 69 heavy (non-hydrogen) atoms. The number of carbonyl (C=O) groups is 5. The summed E-state index contributed by atoms with van der Waals surface area (Å²) in [5.74, 6) is -7.92. The van der Waals surface area contributed by atoms with Gasteiger partial charge in [0.05, 0.1) is 24.4 Å². The van der Waals surface area contributed by atoms with Crippen molar-refractivity contribution < 1.29 is 57.9 Å². The molecule has 17 heteroatoms. The number of nitrogens with zero attached hydrogens (tertiary/aromatic N) is 5. The lowest BCUT2D eigenvalue weighted by Crippen LogP contribution is -2.61. The number of hydrogen-bond acceptors (Lipinski definition) is 15. The van der Waals surface area contributed by atoms with E-state index in [1.165, 1.54) is 12.0 Å². The number of tetrazole rings is 1. The van der Waals surface area contributed by atoms with Gasteiger partial charge in [0.1, 0.15) is 36.5 Å². The zero-order chi connectivity index (χ0) is 50.6. The van der Waals surface area contributed by atoms with Crippen molar-refractivity contribution in [2.45, 2.75) is 180 Å². The summed E-state index contributed by atoms with van der Waals surface area (Å²) in [5, 5.41) is 35.2. The number of amides is 1. The second kappa shape index (κ2) is 25.7. The fourth-order valence-electron chi connectivity index (χ4n) is 10.7. The summed E-state index contributed by atoms with van der Waals surface area (Å²) in [5.41, 5.74) is 1.27. The number of Topliss-reactive ketones (excluding diaryl/α,β-unsaturated/α-hetero) is 3. The first-order chi connectivity index (χ1) is 32.8. The highest BCUT2D eigenvalue weighted by molar-refractivity contribution is 6.39. The van der Waals surface area contributed by atoms with E-state index in [0.29, 0.717) is 56.9 Å². The zero-order valence-electron chi connectivity index (χ0n) is 42.5. The zero-order valence-corrected chi connectivity index (χ0v) is 42.5. The number of allylic oxidation sites excluding steroid dienone is 6. The summed E-state index contributed by atoms with van der Waals surface area (Å²) in [6.07, 6.45) is 13.9. The van der Waals surface area contributed by atoms with Gasteiger partial charge < -0.3 is 38.8 Å². The van der Waals surface area contributed by atoms with Crippen LogP contribution in [0.1, 0.15) is 132 Å².